The van der Waals surface area contributed by atoms with Crippen molar-refractivity contribution in [2.75, 3.05) is 66.0 Å². The van der Waals surface area contributed by atoms with Crippen molar-refractivity contribution >= 4 is 40.5 Å². The fourth-order valence-electron chi connectivity index (χ4n) is 14.3. The van der Waals surface area contributed by atoms with Crippen molar-refractivity contribution in [2.45, 2.75) is 119 Å². The van der Waals surface area contributed by atoms with E-state index in [4.69, 9.17) is 18.9 Å². The summed E-state index contributed by atoms with van der Waals surface area (Å²) in [6, 6.07) is 10.7. The van der Waals surface area contributed by atoms with Gasteiger partial charge >= 0.3 is 23.9 Å². The van der Waals surface area contributed by atoms with Gasteiger partial charge in [0.2, 0.25) is 5.60 Å². The topological polar surface area (TPSA) is 175 Å². The van der Waals surface area contributed by atoms with Gasteiger partial charge in [-0.2, -0.15) is 0 Å². The Morgan fingerprint density at radius 3 is 2.40 bits per heavy atom. The number of methoxy groups -OCH3 is 3. The molecule has 2 bridgehead atoms. The maximum absolute atomic E-state index is 15.6. The number of aliphatic hydroxyl groups is 1. The average molecular weight is 895 g/mol. The minimum Gasteiger partial charge on any atom is -0.496 e. The van der Waals surface area contributed by atoms with Gasteiger partial charge in [-0.1, -0.05) is 44.2 Å². The van der Waals surface area contributed by atoms with Crippen LogP contribution in [0.4, 0.5) is 10.5 Å². The molecule has 1 spiro atoms. The van der Waals surface area contributed by atoms with E-state index in [2.05, 4.69) is 56.6 Å². The summed E-state index contributed by atoms with van der Waals surface area (Å²) in [6.07, 6.45) is 6.09. The molecule has 2 saturated heterocycles. The predicted molar refractivity (Wildman–Crippen MR) is 245 cm³/mol. The fourth-order valence-corrected chi connectivity index (χ4v) is 14.3. The molecule has 15 heteroatoms. The highest BCUT2D eigenvalue weighted by molar-refractivity contribution is 5.95. The lowest BCUT2D eigenvalue weighted by Crippen LogP contribution is -2.81. The lowest BCUT2D eigenvalue weighted by atomic mass is 9.47. The highest BCUT2D eigenvalue weighted by Gasteiger charge is 2.80. The quantitative estimate of drug-likeness (QED) is 0.133. The number of nitrogens with one attached hydrogen (secondary N) is 3. The van der Waals surface area contributed by atoms with E-state index in [0.717, 1.165) is 33.4 Å². The molecule has 3 aromatic rings. The summed E-state index contributed by atoms with van der Waals surface area (Å²) in [5, 5.41) is 20.9. The van der Waals surface area contributed by atoms with Gasteiger partial charge in [-0.3, -0.25) is 14.5 Å². The van der Waals surface area contributed by atoms with Crippen molar-refractivity contribution in [3.8, 4) is 5.75 Å². The van der Waals surface area contributed by atoms with Gasteiger partial charge in [-0.15, -0.1) is 0 Å². The molecule has 15 nitrogen and oxygen atoms in total. The average Bonchev–Trinajstić information content (AvgIpc) is 3.95. The number of amides is 2. The monoisotopic (exact) mass is 894 g/mol. The van der Waals surface area contributed by atoms with E-state index in [0.29, 0.717) is 82.6 Å². The second-order valence-corrected chi connectivity index (χ2v) is 20.0. The van der Waals surface area contributed by atoms with Gasteiger partial charge in [-0.25, -0.2) is 9.59 Å². The lowest BCUT2D eigenvalue weighted by Gasteiger charge is -2.63. The van der Waals surface area contributed by atoms with E-state index >= 15 is 4.79 Å². The Morgan fingerprint density at radius 2 is 1.72 bits per heavy atom. The van der Waals surface area contributed by atoms with Crippen LogP contribution in [0.3, 0.4) is 0 Å². The summed E-state index contributed by atoms with van der Waals surface area (Å²) in [5.74, 6) is -1.60. The highest BCUT2D eigenvalue weighted by atomic mass is 16.6. The van der Waals surface area contributed by atoms with Crippen LogP contribution in [0, 0.1) is 11.3 Å². The number of ether oxygens (including phenoxy) is 4. The summed E-state index contributed by atoms with van der Waals surface area (Å²) >= 11 is 0. The van der Waals surface area contributed by atoms with Crippen LogP contribution in [0.5, 0.6) is 5.75 Å². The molecule has 65 heavy (non-hydrogen) atoms. The van der Waals surface area contributed by atoms with E-state index < -0.39 is 57.4 Å². The molecule has 6 aliphatic rings. The van der Waals surface area contributed by atoms with Crippen LogP contribution in [0.25, 0.3) is 10.9 Å². The van der Waals surface area contributed by atoms with E-state index in [1.807, 2.05) is 57.0 Å². The van der Waals surface area contributed by atoms with Crippen molar-refractivity contribution in [3.05, 3.63) is 70.9 Å². The van der Waals surface area contributed by atoms with Crippen LogP contribution < -0.4 is 20.3 Å². The zero-order chi connectivity index (χ0) is 46.4. The largest absolute Gasteiger partial charge is 0.496 e. The summed E-state index contributed by atoms with van der Waals surface area (Å²) in [4.78, 5) is 67.3. The number of benzene rings is 2. The SMILES string of the molecule is CC[C@]1(NC(=O)NC(C)C)C[C@H]2CN(CCc3c([nH]c4ccccc34)[C@@](C(=O)OC)(c3cc4c(cc3OC)N(C)[C@H]3[C@@](O)(C(=O)OC)[C@H](OC(C)=O)[C@]5(CC)C=CCN6CC[C@]43[C@@H]65)C2)C1. The molecule has 3 fully saturated rings. The van der Waals surface area contributed by atoms with E-state index in [1.54, 1.807) is 7.11 Å². The Kier molecular flexibility index (Phi) is 11.1. The third-order valence-electron chi connectivity index (χ3n) is 16.4. The molecule has 2 aromatic carbocycles. The normalized spacial score (nSPS) is 34.6. The zero-order valence-corrected chi connectivity index (χ0v) is 39.3. The van der Waals surface area contributed by atoms with E-state index in [-0.39, 0.29) is 24.0 Å². The van der Waals surface area contributed by atoms with Crippen molar-refractivity contribution in [1.29, 1.82) is 0 Å². The molecule has 1 saturated carbocycles. The number of anilines is 1. The number of nitrogens with zero attached hydrogens (tertiary/aromatic N) is 3. The minimum atomic E-state index is -2.32. The Hall–Kier alpha value is -5.12. The molecule has 1 unspecified atom stereocenters. The first-order valence-corrected chi connectivity index (χ1v) is 23.4. The molecule has 1 aromatic heterocycles. The van der Waals surface area contributed by atoms with Crippen LogP contribution >= 0.6 is 0 Å². The van der Waals surface area contributed by atoms with Crippen LogP contribution in [-0.4, -0.2) is 140 Å². The molecule has 1 aliphatic carbocycles. The summed E-state index contributed by atoms with van der Waals surface area (Å²) in [5.41, 5.74) is -1.43. The Morgan fingerprint density at radius 1 is 0.969 bits per heavy atom. The lowest BCUT2D eigenvalue weighted by molar-refractivity contribution is -0.228. The van der Waals surface area contributed by atoms with Gasteiger partial charge in [0.05, 0.1) is 32.9 Å². The first kappa shape index (κ1) is 45.1. The number of fused-ring (bicyclic) bond motifs is 6. The molecule has 10 atom stereocenters. The smallest absolute Gasteiger partial charge is 0.344 e. The number of likely N-dealkylation sites (N-methyl/N-ethyl adjacent to an activating group) is 1. The van der Waals surface area contributed by atoms with Crippen LogP contribution in [0.15, 0.2) is 48.6 Å². The van der Waals surface area contributed by atoms with Crippen molar-refractivity contribution < 1.29 is 43.2 Å². The number of esters is 3. The highest BCUT2D eigenvalue weighted by Crippen LogP contribution is 2.68. The Balaban J connectivity index is 1.32. The predicted octanol–water partition coefficient (Wildman–Crippen LogP) is 4.71. The maximum Gasteiger partial charge on any atom is 0.344 e. The molecule has 0 radical (unpaired) electrons. The third kappa shape index (κ3) is 6.30. The van der Waals surface area contributed by atoms with Gasteiger partial charge in [0, 0.05) is 97.0 Å². The first-order chi connectivity index (χ1) is 31.0. The Bertz CT molecular complexity index is 2450. The van der Waals surface area contributed by atoms with Crippen molar-refractivity contribution in [3.63, 3.8) is 0 Å². The van der Waals surface area contributed by atoms with E-state index in [1.165, 1.54) is 21.1 Å². The Labute approximate surface area is 381 Å². The number of piperidine rings is 1. The molecule has 4 N–H and O–H groups in total. The number of H-pyrrole nitrogens is 1. The van der Waals surface area contributed by atoms with Crippen LogP contribution in [0.1, 0.15) is 89.1 Å². The molecule has 9 rings (SSSR count). The van der Waals surface area contributed by atoms with Crippen LogP contribution in [0.2, 0.25) is 0 Å². The number of rotatable bonds is 9. The molecular weight excluding hydrogens is 829 g/mol. The number of para-hydroxylation sites is 1. The molecule has 6 heterocycles. The second-order valence-electron chi connectivity index (χ2n) is 20.0. The van der Waals surface area contributed by atoms with Crippen LogP contribution in [-0.2, 0) is 45.8 Å². The number of hydrogen-bond acceptors (Lipinski definition) is 12. The number of hydrogen-bond donors (Lipinski definition) is 4. The molecule has 5 aliphatic heterocycles. The van der Waals surface area contributed by atoms with Gasteiger partial charge in [0.1, 0.15) is 11.2 Å². The number of carbonyl (C=O) groups excluding carboxylic acids is 4. The fraction of sp³-hybridized carbons (Fsp3) is 0.600. The number of aromatic nitrogens is 1. The summed E-state index contributed by atoms with van der Waals surface area (Å²) < 4.78 is 24.2. The van der Waals surface area contributed by atoms with Gasteiger partial charge in [-0.05, 0) is 88.1 Å². The number of aromatic amines is 1. The van der Waals surface area contributed by atoms with Gasteiger partial charge in [0.15, 0.2) is 6.10 Å². The third-order valence-corrected chi connectivity index (χ3v) is 16.4. The van der Waals surface area contributed by atoms with Gasteiger partial charge in [0.25, 0.3) is 0 Å². The standard InChI is InChI=1S/C50H66N6O9/c1-10-46(53-45(60)51-29(3)4)25-31-26-49(43(58)63-8,39-33(17-21-55(27-31)28-46)32-15-12-13-16-36(32)52-39)35-23-34-37(24-38(35)62-7)54(6)41-48(34)19-22-56-20-14-18-47(11-2,40(48)56)42(65-30(5)57)50(41,61)44(59)64-9/h12-16,18,23-24,29,31,40-42,52,61H,10-11,17,19-22,25-28H2,1-9H3,(H2,51,53,60)/t31-,40+,41-,42-,46+,47-,48-,49+,50+/m1/s1. The summed E-state index contributed by atoms with van der Waals surface area (Å²) in [6.45, 7) is 12.7. The van der Waals surface area contributed by atoms with Crippen molar-refractivity contribution in [1.82, 2.24) is 25.4 Å². The second kappa shape index (κ2) is 16.0. The molecular formula is C50H66N6O9. The molecule has 2 amide bonds. The van der Waals surface area contributed by atoms with Gasteiger partial charge < -0.3 is 49.5 Å². The van der Waals surface area contributed by atoms with E-state index in [9.17, 15) is 19.5 Å². The first-order valence-electron chi connectivity index (χ1n) is 23.4. The molecule has 350 valence electrons. The number of urea groups is 1. The minimum absolute atomic E-state index is 0.0449. The number of carbonyl (C=O) groups is 4. The maximum atomic E-state index is 15.6. The summed E-state index contributed by atoms with van der Waals surface area (Å²) in [7, 11) is 6.16. The zero-order valence-electron chi connectivity index (χ0n) is 39.3. The van der Waals surface area contributed by atoms with Crippen molar-refractivity contribution in [2.24, 2.45) is 11.3 Å².